The number of thioether (sulfide) groups is 1. The first kappa shape index (κ1) is 20.9. The van der Waals surface area contributed by atoms with E-state index < -0.39 is 0 Å². The Hall–Kier alpha value is -3.80. The normalized spacial score (nSPS) is 10.8. The van der Waals surface area contributed by atoms with Crippen LogP contribution in [-0.4, -0.2) is 44.7 Å². The van der Waals surface area contributed by atoms with E-state index in [0.717, 1.165) is 11.8 Å². The number of hydrogen-bond acceptors (Lipinski definition) is 10. The molecule has 1 aromatic carbocycles. The van der Waals surface area contributed by atoms with Crippen LogP contribution in [0.2, 0.25) is 0 Å². The Balaban J connectivity index is 1.54. The van der Waals surface area contributed by atoms with Crippen molar-refractivity contribution in [3.63, 3.8) is 0 Å². The molecular weight excluding hydrogens is 408 g/mol. The van der Waals surface area contributed by atoms with Crippen molar-refractivity contribution in [3.05, 3.63) is 48.3 Å². The maximum Gasteiger partial charge on any atom is 0.250 e. The van der Waals surface area contributed by atoms with Gasteiger partial charge in [0.05, 0.1) is 19.1 Å². The number of nitrogen functional groups attached to an aromatic ring is 2. The summed E-state index contributed by atoms with van der Waals surface area (Å²) in [4.78, 5) is 19.9. The minimum atomic E-state index is -0.329. The van der Waals surface area contributed by atoms with Gasteiger partial charge in [0.15, 0.2) is 23.4 Å². The lowest BCUT2D eigenvalue weighted by Gasteiger charge is -2.11. The van der Waals surface area contributed by atoms with E-state index in [-0.39, 0.29) is 30.0 Å². The summed E-state index contributed by atoms with van der Waals surface area (Å²) in [5.74, 6) is 1.31. The van der Waals surface area contributed by atoms with Gasteiger partial charge >= 0.3 is 0 Å². The average molecular weight is 428 g/mol. The van der Waals surface area contributed by atoms with Gasteiger partial charge in [-0.3, -0.25) is 4.79 Å². The second kappa shape index (κ2) is 10.1. The molecule has 0 aliphatic carbocycles. The van der Waals surface area contributed by atoms with Crippen LogP contribution in [0.15, 0.2) is 53.0 Å². The molecule has 2 aromatic heterocycles. The minimum Gasteiger partial charge on any atom is -0.493 e. The van der Waals surface area contributed by atoms with E-state index >= 15 is 0 Å². The van der Waals surface area contributed by atoms with Gasteiger partial charge in [0.1, 0.15) is 11.6 Å². The molecular formula is C18H20N8O3S. The Kier molecular flexibility index (Phi) is 7.05. The standard InChI is InChI=1S/C18H20N8O3S/c1-28-13-4-3-12(7-14(13)29-11-26-6-2-5-22-26)9-21-25-17(27)10-30-18-23-15(19)8-16(20)24-18/h2-9H,10-11H2,1H3,(H,25,27)(H4,19,20,23,24)/b21-9+. The lowest BCUT2D eigenvalue weighted by molar-refractivity contribution is -0.118. The molecule has 0 spiro atoms. The van der Waals surface area contributed by atoms with Gasteiger partial charge in [-0.25, -0.2) is 20.1 Å². The molecule has 0 radical (unpaired) electrons. The summed E-state index contributed by atoms with van der Waals surface area (Å²) in [5.41, 5.74) is 14.4. The fourth-order valence-corrected chi connectivity index (χ4v) is 2.93. The Morgan fingerprint density at radius 3 is 2.77 bits per heavy atom. The van der Waals surface area contributed by atoms with Crippen molar-refractivity contribution in [2.24, 2.45) is 5.10 Å². The van der Waals surface area contributed by atoms with Crippen LogP contribution in [0.5, 0.6) is 11.5 Å². The molecule has 1 amide bonds. The van der Waals surface area contributed by atoms with Crippen LogP contribution in [0.1, 0.15) is 5.56 Å². The van der Waals surface area contributed by atoms with E-state index in [1.807, 2.05) is 0 Å². The van der Waals surface area contributed by atoms with E-state index in [0.29, 0.717) is 22.2 Å². The van der Waals surface area contributed by atoms with Crippen molar-refractivity contribution < 1.29 is 14.3 Å². The fraction of sp³-hybridized carbons (Fsp3) is 0.167. The molecule has 156 valence electrons. The van der Waals surface area contributed by atoms with Crippen LogP contribution in [-0.2, 0) is 11.5 Å². The van der Waals surface area contributed by atoms with Gasteiger partial charge in [0.2, 0.25) is 0 Å². The maximum atomic E-state index is 12.0. The van der Waals surface area contributed by atoms with E-state index in [1.165, 1.54) is 12.3 Å². The molecule has 30 heavy (non-hydrogen) atoms. The second-order valence-corrected chi connectivity index (χ2v) is 6.75. The molecule has 5 N–H and O–H groups in total. The molecule has 0 aliphatic heterocycles. The number of methoxy groups -OCH3 is 1. The highest BCUT2D eigenvalue weighted by atomic mass is 32.2. The van der Waals surface area contributed by atoms with Crippen molar-refractivity contribution >= 4 is 35.5 Å². The number of nitrogens with one attached hydrogen (secondary N) is 1. The Labute approximate surface area is 176 Å². The number of nitrogens with two attached hydrogens (primary N) is 2. The SMILES string of the molecule is COc1ccc(/C=N/NC(=O)CSc2nc(N)cc(N)n2)cc1OCn1cccn1. The number of nitrogens with zero attached hydrogens (tertiary/aromatic N) is 5. The quantitative estimate of drug-likeness (QED) is 0.197. The van der Waals surface area contributed by atoms with Crippen LogP contribution in [0.3, 0.4) is 0 Å². The first-order valence-corrected chi connectivity index (χ1v) is 9.65. The fourth-order valence-electron chi connectivity index (χ4n) is 2.27. The topological polar surface area (TPSA) is 156 Å². The van der Waals surface area contributed by atoms with Gasteiger partial charge in [0, 0.05) is 18.5 Å². The van der Waals surface area contributed by atoms with Crippen LogP contribution in [0, 0.1) is 0 Å². The molecule has 3 rings (SSSR count). The number of carbonyl (C=O) groups is 1. The summed E-state index contributed by atoms with van der Waals surface area (Å²) < 4.78 is 12.7. The summed E-state index contributed by atoms with van der Waals surface area (Å²) in [5, 5.41) is 8.35. The highest BCUT2D eigenvalue weighted by Crippen LogP contribution is 2.27. The van der Waals surface area contributed by atoms with Crippen LogP contribution < -0.4 is 26.4 Å². The number of ether oxygens (including phenoxy) is 2. The largest absolute Gasteiger partial charge is 0.493 e. The Morgan fingerprint density at radius 2 is 2.07 bits per heavy atom. The third-order valence-corrected chi connectivity index (χ3v) is 4.43. The number of hydrazone groups is 1. The van der Waals surface area contributed by atoms with Crippen LogP contribution >= 0.6 is 11.8 Å². The summed E-state index contributed by atoms with van der Waals surface area (Å²) in [6.45, 7) is 0.231. The van der Waals surface area contributed by atoms with Crippen molar-refractivity contribution in [2.75, 3.05) is 24.3 Å². The highest BCUT2D eigenvalue weighted by Gasteiger charge is 2.07. The van der Waals surface area contributed by atoms with Gasteiger partial charge in [-0.15, -0.1) is 0 Å². The first-order chi connectivity index (χ1) is 14.5. The number of benzene rings is 1. The lowest BCUT2D eigenvalue weighted by Crippen LogP contribution is -2.19. The van der Waals surface area contributed by atoms with Crippen molar-refractivity contribution in [1.82, 2.24) is 25.2 Å². The number of anilines is 2. The van der Waals surface area contributed by atoms with Gasteiger partial charge in [-0.2, -0.15) is 10.2 Å². The van der Waals surface area contributed by atoms with Gasteiger partial charge in [0.25, 0.3) is 5.91 Å². The summed E-state index contributed by atoms with van der Waals surface area (Å²) in [6.07, 6.45) is 4.95. The van der Waals surface area contributed by atoms with Crippen LogP contribution in [0.4, 0.5) is 11.6 Å². The molecule has 0 unspecified atom stereocenters. The summed E-state index contributed by atoms with van der Waals surface area (Å²) in [6, 6.07) is 8.53. The number of amides is 1. The minimum absolute atomic E-state index is 0.0566. The van der Waals surface area contributed by atoms with E-state index in [9.17, 15) is 4.79 Å². The number of aromatic nitrogens is 4. The monoisotopic (exact) mass is 428 g/mol. The zero-order valence-electron chi connectivity index (χ0n) is 16.1. The molecule has 2 heterocycles. The third kappa shape index (κ3) is 6.10. The summed E-state index contributed by atoms with van der Waals surface area (Å²) >= 11 is 1.10. The van der Waals surface area contributed by atoms with Gasteiger partial charge < -0.3 is 20.9 Å². The molecule has 11 nitrogen and oxygen atoms in total. The third-order valence-electron chi connectivity index (χ3n) is 3.58. The number of carbonyl (C=O) groups excluding carboxylic acids is 1. The van der Waals surface area contributed by atoms with E-state index in [2.05, 4.69) is 25.6 Å². The predicted molar refractivity (Wildman–Crippen MR) is 113 cm³/mol. The zero-order chi connectivity index (χ0) is 21.3. The van der Waals surface area contributed by atoms with Crippen molar-refractivity contribution in [1.29, 1.82) is 0 Å². The number of rotatable bonds is 9. The van der Waals surface area contributed by atoms with Gasteiger partial charge in [-0.05, 0) is 29.8 Å². The van der Waals surface area contributed by atoms with Crippen molar-refractivity contribution in [3.8, 4) is 11.5 Å². The predicted octanol–water partition coefficient (Wildman–Crippen LogP) is 1.12. The number of hydrogen-bond donors (Lipinski definition) is 3. The van der Waals surface area contributed by atoms with Crippen molar-refractivity contribution in [2.45, 2.75) is 11.9 Å². The van der Waals surface area contributed by atoms with E-state index in [4.69, 9.17) is 20.9 Å². The highest BCUT2D eigenvalue weighted by molar-refractivity contribution is 7.99. The Morgan fingerprint density at radius 1 is 1.27 bits per heavy atom. The van der Waals surface area contributed by atoms with E-state index in [1.54, 1.807) is 48.5 Å². The summed E-state index contributed by atoms with van der Waals surface area (Å²) in [7, 11) is 1.56. The second-order valence-electron chi connectivity index (χ2n) is 5.81. The molecule has 0 saturated heterocycles. The lowest BCUT2D eigenvalue weighted by atomic mass is 10.2. The molecule has 0 fully saturated rings. The molecule has 0 saturated carbocycles. The maximum absolute atomic E-state index is 12.0. The zero-order valence-corrected chi connectivity index (χ0v) is 16.9. The molecule has 0 bridgehead atoms. The molecule has 3 aromatic rings. The average Bonchev–Trinajstić information content (AvgIpc) is 3.24. The Bertz CT molecular complexity index is 1010. The smallest absolute Gasteiger partial charge is 0.250 e. The molecule has 0 aliphatic rings. The first-order valence-electron chi connectivity index (χ1n) is 8.66. The van der Waals surface area contributed by atoms with Gasteiger partial charge in [-0.1, -0.05) is 11.8 Å². The molecule has 12 heteroatoms. The molecule has 0 atom stereocenters. The van der Waals surface area contributed by atoms with Crippen LogP contribution in [0.25, 0.3) is 0 Å².